The smallest absolute Gasteiger partial charge is 0.258 e. The molecule has 0 bridgehead atoms. The molecular formula is C16H15Cl2NO2. The normalized spacial score (nSPS) is 11.8. The number of ether oxygens (including phenoxy) is 1. The SMILES string of the molecule is C[C@H](NC(=O)COc1ccccc1Cl)c1ccc(Cl)cc1. The van der Waals surface area contributed by atoms with Crippen LogP contribution in [0.3, 0.4) is 0 Å². The number of rotatable bonds is 5. The second-order valence-electron chi connectivity index (χ2n) is 4.56. The molecule has 0 aliphatic heterocycles. The van der Waals surface area contributed by atoms with E-state index >= 15 is 0 Å². The van der Waals surface area contributed by atoms with Crippen LogP contribution in [0.1, 0.15) is 18.5 Å². The Morgan fingerprint density at radius 3 is 2.48 bits per heavy atom. The lowest BCUT2D eigenvalue weighted by Crippen LogP contribution is -2.31. The number of halogens is 2. The van der Waals surface area contributed by atoms with Gasteiger partial charge in [-0.05, 0) is 36.8 Å². The molecule has 2 aromatic carbocycles. The van der Waals surface area contributed by atoms with Crippen molar-refractivity contribution in [1.82, 2.24) is 5.32 Å². The predicted molar refractivity (Wildman–Crippen MR) is 85.0 cm³/mol. The molecule has 21 heavy (non-hydrogen) atoms. The van der Waals surface area contributed by atoms with Gasteiger partial charge >= 0.3 is 0 Å². The van der Waals surface area contributed by atoms with Gasteiger partial charge in [0.2, 0.25) is 0 Å². The Balaban J connectivity index is 1.87. The largest absolute Gasteiger partial charge is 0.482 e. The average Bonchev–Trinajstić information content (AvgIpc) is 2.47. The number of amides is 1. The van der Waals surface area contributed by atoms with Gasteiger partial charge < -0.3 is 10.1 Å². The van der Waals surface area contributed by atoms with Crippen molar-refractivity contribution in [3.8, 4) is 5.75 Å². The van der Waals surface area contributed by atoms with Crippen LogP contribution in [0.15, 0.2) is 48.5 Å². The van der Waals surface area contributed by atoms with Crippen LogP contribution in [-0.4, -0.2) is 12.5 Å². The second kappa shape index (κ2) is 7.34. The van der Waals surface area contributed by atoms with Gasteiger partial charge in [-0.3, -0.25) is 4.79 Å². The van der Waals surface area contributed by atoms with Gasteiger partial charge in [0.25, 0.3) is 5.91 Å². The number of para-hydroxylation sites is 1. The van der Waals surface area contributed by atoms with Crippen molar-refractivity contribution in [3.63, 3.8) is 0 Å². The molecule has 0 unspecified atom stereocenters. The monoisotopic (exact) mass is 323 g/mol. The van der Waals surface area contributed by atoms with Gasteiger partial charge in [0.05, 0.1) is 11.1 Å². The minimum atomic E-state index is -0.211. The summed E-state index contributed by atoms with van der Waals surface area (Å²) in [6.07, 6.45) is 0. The molecule has 0 saturated heterocycles. The van der Waals surface area contributed by atoms with Crippen molar-refractivity contribution >= 4 is 29.1 Å². The van der Waals surface area contributed by atoms with Gasteiger partial charge in [-0.15, -0.1) is 0 Å². The van der Waals surface area contributed by atoms with E-state index < -0.39 is 0 Å². The van der Waals surface area contributed by atoms with Crippen molar-refractivity contribution in [2.24, 2.45) is 0 Å². The molecule has 0 aliphatic rings. The van der Waals surface area contributed by atoms with Gasteiger partial charge in [0.15, 0.2) is 6.61 Å². The fourth-order valence-electron chi connectivity index (χ4n) is 1.82. The number of benzene rings is 2. The molecule has 2 aromatic rings. The van der Waals surface area contributed by atoms with Gasteiger partial charge in [0.1, 0.15) is 5.75 Å². The predicted octanol–water partition coefficient (Wildman–Crippen LogP) is 4.25. The van der Waals surface area contributed by atoms with Gasteiger partial charge in [-0.1, -0.05) is 47.5 Å². The summed E-state index contributed by atoms with van der Waals surface area (Å²) in [4.78, 5) is 11.9. The first-order chi connectivity index (χ1) is 10.1. The van der Waals surface area contributed by atoms with Crippen molar-refractivity contribution in [2.45, 2.75) is 13.0 Å². The van der Waals surface area contributed by atoms with Crippen LogP contribution < -0.4 is 10.1 Å². The van der Waals surface area contributed by atoms with Gasteiger partial charge in [-0.25, -0.2) is 0 Å². The molecule has 1 amide bonds. The Labute approximate surface area is 133 Å². The first-order valence-corrected chi connectivity index (χ1v) is 7.24. The highest BCUT2D eigenvalue weighted by Crippen LogP contribution is 2.23. The van der Waals surface area contributed by atoms with Gasteiger partial charge in [0, 0.05) is 5.02 Å². The molecule has 1 atom stereocenters. The van der Waals surface area contributed by atoms with E-state index in [2.05, 4.69) is 5.32 Å². The van der Waals surface area contributed by atoms with E-state index in [9.17, 15) is 4.79 Å². The molecule has 110 valence electrons. The number of carbonyl (C=O) groups is 1. The van der Waals surface area contributed by atoms with Crippen molar-refractivity contribution in [2.75, 3.05) is 6.61 Å². The zero-order valence-electron chi connectivity index (χ0n) is 11.5. The summed E-state index contributed by atoms with van der Waals surface area (Å²) in [5, 5.41) is 4.00. The van der Waals surface area contributed by atoms with Gasteiger partial charge in [-0.2, -0.15) is 0 Å². The van der Waals surface area contributed by atoms with Crippen molar-refractivity contribution in [3.05, 3.63) is 64.1 Å². The third-order valence-corrected chi connectivity index (χ3v) is 3.51. The number of carbonyl (C=O) groups excluding carboxylic acids is 1. The quantitative estimate of drug-likeness (QED) is 0.893. The molecule has 1 N–H and O–H groups in total. The lowest BCUT2D eigenvalue weighted by atomic mass is 10.1. The molecule has 0 radical (unpaired) electrons. The van der Waals surface area contributed by atoms with E-state index in [1.807, 2.05) is 19.1 Å². The highest BCUT2D eigenvalue weighted by atomic mass is 35.5. The Morgan fingerprint density at radius 1 is 1.14 bits per heavy atom. The summed E-state index contributed by atoms with van der Waals surface area (Å²) in [6.45, 7) is 1.82. The first-order valence-electron chi connectivity index (χ1n) is 6.48. The molecule has 0 heterocycles. The van der Waals surface area contributed by atoms with Crippen LogP contribution in [-0.2, 0) is 4.79 Å². The highest BCUT2D eigenvalue weighted by molar-refractivity contribution is 6.32. The van der Waals surface area contributed by atoms with E-state index in [4.69, 9.17) is 27.9 Å². The third kappa shape index (κ3) is 4.66. The fraction of sp³-hybridized carbons (Fsp3) is 0.188. The Hall–Kier alpha value is -1.71. The number of nitrogens with one attached hydrogen (secondary N) is 1. The van der Waals surface area contributed by atoms with Crippen LogP contribution in [0.4, 0.5) is 0 Å². The Morgan fingerprint density at radius 2 is 1.81 bits per heavy atom. The van der Waals surface area contributed by atoms with Crippen LogP contribution in [0, 0.1) is 0 Å². The highest BCUT2D eigenvalue weighted by Gasteiger charge is 2.10. The Kier molecular flexibility index (Phi) is 5.48. The van der Waals surface area contributed by atoms with Crippen LogP contribution in [0.25, 0.3) is 0 Å². The van der Waals surface area contributed by atoms with E-state index in [0.29, 0.717) is 15.8 Å². The molecule has 2 rings (SSSR count). The Bertz CT molecular complexity index is 614. The number of hydrogen-bond donors (Lipinski definition) is 1. The zero-order valence-corrected chi connectivity index (χ0v) is 13.0. The molecule has 0 spiro atoms. The minimum Gasteiger partial charge on any atom is -0.482 e. The molecule has 3 nitrogen and oxygen atoms in total. The molecule has 5 heteroatoms. The molecule has 0 aromatic heterocycles. The maximum absolute atomic E-state index is 11.9. The zero-order chi connectivity index (χ0) is 15.2. The maximum Gasteiger partial charge on any atom is 0.258 e. The fourth-order valence-corrected chi connectivity index (χ4v) is 2.14. The second-order valence-corrected chi connectivity index (χ2v) is 5.40. The standard InChI is InChI=1S/C16H15Cl2NO2/c1-11(12-6-8-13(17)9-7-12)19-16(20)10-21-15-5-3-2-4-14(15)18/h2-9,11H,10H2,1H3,(H,19,20)/t11-/m0/s1. The molecule has 0 saturated carbocycles. The topological polar surface area (TPSA) is 38.3 Å². The maximum atomic E-state index is 11.9. The van der Waals surface area contributed by atoms with E-state index in [0.717, 1.165) is 5.56 Å². The van der Waals surface area contributed by atoms with Crippen molar-refractivity contribution < 1.29 is 9.53 Å². The lowest BCUT2D eigenvalue weighted by molar-refractivity contribution is -0.123. The summed E-state index contributed by atoms with van der Waals surface area (Å²) in [6, 6.07) is 14.3. The van der Waals surface area contributed by atoms with E-state index in [-0.39, 0.29) is 18.6 Å². The molecule has 0 fully saturated rings. The molecule has 0 aliphatic carbocycles. The summed E-state index contributed by atoms with van der Waals surface area (Å²) in [5.41, 5.74) is 0.977. The lowest BCUT2D eigenvalue weighted by Gasteiger charge is -2.15. The minimum absolute atomic E-state index is 0.0817. The summed E-state index contributed by atoms with van der Waals surface area (Å²) in [5.74, 6) is 0.283. The molecular weight excluding hydrogens is 309 g/mol. The van der Waals surface area contributed by atoms with E-state index in [1.165, 1.54) is 0 Å². The number of hydrogen-bond acceptors (Lipinski definition) is 2. The van der Waals surface area contributed by atoms with Crippen LogP contribution in [0.5, 0.6) is 5.75 Å². The summed E-state index contributed by atoms with van der Waals surface area (Å²) < 4.78 is 5.39. The average molecular weight is 324 g/mol. The third-order valence-electron chi connectivity index (χ3n) is 2.94. The first kappa shape index (κ1) is 15.7. The summed E-state index contributed by atoms with van der Waals surface area (Å²) >= 11 is 11.8. The van der Waals surface area contributed by atoms with Crippen LogP contribution in [0.2, 0.25) is 10.0 Å². The van der Waals surface area contributed by atoms with Crippen LogP contribution >= 0.6 is 23.2 Å². The van der Waals surface area contributed by atoms with Crippen molar-refractivity contribution in [1.29, 1.82) is 0 Å². The summed E-state index contributed by atoms with van der Waals surface area (Å²) in [7, 11) is 0. The van der Waals surface area contributed by atoms with E-state index in [1.54, 1.807) is 36.4 Å².